The normalized spacial score (nSPS) is 15.7. The van der Waals surface area contributed by atoms with Crippen LogP contribution in [0, 0.1) is 19.8 Å². The molecule has 0 aliphatic carbocycles. The predicted molar refractivity (Wildman–Crippen MR) is 140 cm³/mol. The molecule has 0 saturated carbocycles. The second-order valence-corrected chi connectivity index (χ2v) is 9.91. The second-order valence-electron chi connectivity index (χ2n) is 9.91. The van der Waals surface area contributed by atoms with Crippen LogP contribution in [0.2, 0.25) is 0 Å². The van der Waals surface area contributed by atoms with E-state index in [-0.39, 0.29) is 11.9 Å². The number of likely N-dealkylation sites (tertiary alicyclic amines) is 1. The number of hydrogen-bond acceptors (Lipinski definition) is 4. The van der Waals surface area contributed by atoms with Gasteiger partial charge in [0, 0.05) is 32.9 Å². The number of rotatable bonds is 8. The number of piperidine rings is 1. The summed E-state index contributed by atoms with van der Waals surface area (Å²) in [4.78, 5) is 17.8. The maximum absolute atomic E-state index is 13.3. The van der Waals surface area contributed by atoms with Gasteiger partial charge in [0.2, 0.25) is 0 Å². The van der Waals surface area contributed by atoms with Gasteiger partial charge in [-0.3, -0.25) is 14.4 Å². The largest absolute Gasteiger partial charge is 0.496 e. The lowest BCUT2D eigenvalue weighted by molar-refractivity contribution is 0.0578. The van der Waals surface area contributed by atoms with Crippen molar-refractivity contribution in [2.75, 3.05) is 27.2 Å². The Hall–Kier alpha value is -3.12. The van der Waals surface area contributed by atoms with Crippen LogP contribution in [0.15, 0.2) is 54.7 Å². The van der Waals surface area contributed by atoms with Gasteiger partial charge in [0.05, 0.1) is 7.11 Å². The maximum atomic E-state index is 13.3. The summed E-state index contributed by atoms with van der Waals surface area (Å²) in [6.45, 7) is 7.29. The summed E-state index contributed by atoms with van der Waals surface area (Å²) in [5.74, 6) is 1.40. The average Bonchev–Trinajstić information content (AvgIpc) is 3.31. The van der Waals surface area contributed by atoms with Gasteiger partial charge in [-0.1, -0.05) is 36.4 Å². The van der Waals surface area contributed by atoms with E-state index in [1.165, 1.54) is 22.3 Å². The van der Waals surface area contributed by atoms with Crippen LogP contribution in [0.3, 0.4) is 0 Å². The molecule has 1 atom stereocenters. The zero-order valence-corrected chi connectivity index (χ0v) is 21.7. The summed E-state index contributed by atoms with van der Waals surface area (Å²) in [5.41, 5.74) is 5.60. The number of hydrogen-bond donors (Lipinski definition) is 0. The molecule has 1 saturated heterocycles. The number of amides is 1. The smallest absolute Gasteiger partial charge is 0.274 e. The zero-order valence-electron chi connectivity index (χ0n) is 21.7. The third-order valence-corrected chi connectivity index (χ3v) is 7.46. The summed E-state index contributed by atoms with van der Waals surface area (Å²) in [5, 5.41) is 4.36. The summed E-state index contributed by atoms with van der Waals surface area (Å²) in [6.07, 6.45) is 4.84. The van der Waals surface area contributed by atoms with Gasteiger partial charge in [0.25, 0.3) is 5.91 Å². The summed E-state index contributed by atoms with van der Waals surface area (Å²) in [7, 11) is 5.52. The molecular formula is C29H38N4O2. The predicted octanol–water partition coefficient (Wildman–Crippen LogP) is 4.64. The first kappa shape index (κ1) is 25.0. The van der Waals surface area contributed by atoms with E-state index in [1.54, 1.807) is 17.9 Å². The highest BCUT2D eigenvalue weighted by atomic mass is 16.5. The van der Waals surface area contributed by atoms with Crippen LogP contribution in [0.25, 0.3) is 0 Å². The van der Waals surface area contributed by atoms with Crippen LogP contribution in [-0.4, -0.2) is 58.8 Å². The van der Waals surface area contributed by atoms with Crippen molar-refractivity contribution < 1.29 is 9.53 Å². The first-order valence-electron chi connectivity index (χ1n) is 12.5. The third kappa shape index (κ3) is 5.93. The van der Waals surface area contributed by atoms with E-state index < -0.39 is 0 Å². The number of nitrogens with zero attached hydrogens (tertiary/aromatic N) is 4. The van der Waals surface area contributed by atoms with Crippen molar-refractivity contribution in [2.24, 2.45) is 13.0 Å². The molecule has 186 valence electrons. The molecule has 1 aliphatic heterocycles. The molecule has 0 N–H and O–H groups in total. The van der Waals surface area contributed by atoms with Crippen LogP contribution < -0.4 is 4.74 Å². The Morgan fingerprint density at radius 2 is 1.83 bits per heavy atom. The SMILES string of the molecule is COc1cc(C)c(CN2CCC(C(Cc3ccccc3)N(C)C(=O)c3ccn(C)n3)CC2)cc1C. The topological polar surface area (TPSA) is 50.6 Å². The Bertz CT molecular complexity index is 1130. The highest BCUT2D eigenvalue weighted by Crippen LogP contribution is 2.29. The Morgan fingerprint density at radius 3 is 2.46 bits per heavy atom. The Kier molecular flexibility index (Phi) is 7.91. The molecule has 0 spiro atoms. The zero-order chi connectivity index (χ0) is 24.9. The van der Waals surface area contributed by atoms with Crippen molar-refractivity contribution in [3.8, 4) is 5.75 Å². The molecule has 6 nitrogen and oxygen atoms in total. The highest BCUT2D eigenvalue weighted by Gasteiger charge is 2.32. The van der Waals surface area contributed by atoms with E-state index in [4.69, 9.17) is 4.74 Å². The minimum Gasteiger partial charge on any atom is -0.496 e. The molecule has 2 heterocycles. The van der Waals surface area contributed by atoms with Crippen molar-refractivity contribution >= 4 is 5.91 Å². The molecule has 1 fully saturated rings. The van der Waals surface area contributed by atoms with Gasteiger partial charge in [-0.2, -0.15) is 5.10 Å². The summed E-state index contributed by atoms with van der Waals surface area (Å²) >= 11 is 0. The van der Waals surface area contributed by atoms with Crippen LogP contribution in [0.4, 0.5) is 0 Å². The van der Waals surface area contributed by atoms with E-state index >= 15 is 0 Å². The molecule has 35 heavy (non-hydrogen) atoms. The number of aryl methyl sites for hydroxylation is 3. The van der Waals surface area contributed by atoms with Crippen LogP contribution in [0.5, 0.6) is 5.75 Å². The molecular weight excluding hydrogens is 436 g/mol. The van der Waals surface area contributed by atoms with E-state index in [2.05, 4.69) is 60.2 Å². The molecule has 1 unspecified atom stereocenters. The molecule has 1 aliphatic rings. The number of carbonyl (C=O) groups is 1. The molecule has 4 rings (SSSR count). The van der Waals surface area contributed by atoms with Gasteiger partial charge < -0.3 is 9.64 Å². The van der Waals surface area contributed by atoms with Crippen LogP contribution in [0.1, 0.15) is 45.6 Å². The van der Waals surface area contributed by atoms with Crippen molar-refractivity contribution in [1.82, 2.24) is 19.6 Å². The molecule has 1 aromatic heterocycles. The van der Waals surface area contributed by atoms with Crippen molar-refractivity contribution in [1.29, 1.82) is 0 Å². The number of benzene rings is 2. The fraction of sp³-hybridized carbons (Fsp3) is 0.448. The fourth-order valence-corrected chi connectivity index (χ4v) is 5.31. The minimum atomic E-state index is -0.00158. The van der Waals surface area contributed by atoms with E-state index in [0.29, 0.717) is 11.6 Å². The molecule has 2 aromatic carbocycles. The van der Waals surface area contributed by atoms with Gasteiger partial charge >= 0.3 is 0 Å². The number of aromatic nitrogens is 2. The van der Waals surface area contributed by atoms with Gasteiger partial charge in [0.15, 0.2) is 0 Å². The standard InChI is InChI=1S/C29H38N4O2/c1-21-18-28(35-5)22(2)17-25(21)20-33-15-11-24(12-16-33)27(19-23-9-7-6-8-10-23)32(4)29(34)26-13-14-31(3)30-26/h6-10,13-14,17-18,24,27H,11-12,15-16,19-20H2,1-5H3. The van der Waals surface area contributed by atoms with Crippen molar-refractivity contribution in [3.05, 3.63) is 82.7 Å². The van der Waals surface area contributed by atoms with Gasteiger partial charge in [0.1, 0.15) is 11.4 Å². The van der Waals surface area contributed by atoms with Gasteiger partial charge in [-0.05, 0) is 86.5 Å². The lowest BCUT2D eigenvalue weighted by Gasteiger charge is -2.40. The Balaban J connectivity index is 1.46. The van der Waals surface area contributed by atoms with Crippen LogP contribution >= 0.6 is 0 Å². The number of carbonyl (C=O) groups excluding carboxylic acids is 1. The van der Waals surface area contributed by atoms with E-state index in [1.807, 2.05) is 31.3 Å². The molecule has 0 radical (unpaired) electrons. The van der Waals surface area contributed by atoms with E-state index in [0.717, 1.165) is 44.6 Å². The second kappa shape index (κ2) is 11.1. The van der Waals surface area contributed by atoms with E-state index in [9.17, 15) is 4.79 Å². The highest BCUT2D eigenvalue weighted by molar-refractivity contribution is 5.92. The molecule has 6 heteroatoms. The lowest BCUT2D eigenvalue weighted by Crippen LogP contribution is -2.47. The fourth-order valence-electron chi connectivity index (χ4n) is 5.31. The maximum Gasteiger partial charge on any atom is 0.274 e. The Labute approximate surface area is 209 Å². The van der Waals surface area contributed by atoms with Gasteiger partial charge in [-0.15, -0.1) is 0 Å². The summed E-state index contributed by atoms with van der Waals surface area (Å²) < 4.78 is 7.17. The molecule has 0 bridgehead atoms. The first-order chi connectivity index (χ1) is 16.9. The Morgan fingerprint density at radius 1 is 1.11 bits per heavy atom. The monoisotopic (exact) mass is 474 g/mol. The van der Waals surface area contributed by atoms with Crippen molar-refractivity contribution in [2.45, 2.75) is 45.7 Å². The van der Waals surface area contributed by atoms with Crippen LogP contribution in [-0.2, 0) is 20.0 Å². The number of ether oxygens (including phenoxy) is 1. The average molecular weight is 475 g/mol. The first-order valence-corrected chi connectivity index (χ1v) is 12.5. The van der Waals surface area contributed by atoms with Gasteiger partial charge in [-0.25, -0.2) is 0 Å². The minimum absolute atomic E-state index is 0.00158. The number of likely N-dealkylation sites (N-methyl/N-ethyl adjacent to an activating group) is 1. The van der Waals surface area contributed by atoms with Crippen molar-refractivity contribution in [3.63, 3.8) is 0 Å². The lowest BCUT2D eigenvalue weighted by atomic mass is 9.84. The molecule has 3 aromatic rings. The number of methoxy groups -OCH3 is 1. The third-order valence-electron chi connectivity index (χ3n) is 7.46. The summed E-state index contributed by atoms with van der Waals surface area (Å²) in [6, 6.07) is 16.9. The molecule has 1 amide bonds. The quantitative estimate of drug-likeness (QED) is 0.477.